The van der Waals surface area contributed by atoms with Gasteiger partial charge in [-0.25, -0.2) is 0 Å². The first-order valence-corrected chi connectivity index (χ1v) is 7.64. The Bertz CT molecular complexity index is 749. The monoisotopic (exact) mass is 359 g/mol. The van der Waals surface area contributed by atoms with E-state index in [9.17, 15) is 23.1 Å². The molecule has 1 unspecified atom stereocenters. The van der Waals surface area contributed by atoms with Gasteiger partial charge in [0.25, 0.3) is 5.60 Å². The van der Waals surface area contributed by atoms with Crippen LogP contribution in [0, 0.1) is 17.8 Å². The summed E-state index contributed by atoms with van der Waals surface area (Å²) in [6.07, 6.45) is -3.57. The molecule has 1 atom stereocenters. The van der Waals surface area contributed by atoms with Gasteiger partial charge in [-0.15, -0.1) is 0 Å². The molecule has 0 saturated heterocycles. The number of fused-ring (bicyclic) bond motifs is 1. The number of benzene rings is 1. The van der Waals surface area contributed by atoms with Crippen LogP contribution in [0.4, 0.5) is 13.2 Å². The van der Waals surface area contributed by atoms with Gasteiger partial charge in [0.1, 0.15) is 5.75 Å². The lowest BCUT2D eigenvalue weighted by Crippen LogP contribution is -2.49. The number of phenols is 1. The predicted octanol–water partition coefficient (Wildman–Crippen LogP) is 2.86. The largest absolute Gasteiger partial charge is 0.508 e. The number of rotatable bonds is 0. The molecule has 1 saturated carbocycles. The summed E-state index contributed by atoms with van der Waals surface area (Å²) < 4.78 is 46.7. The van der Waals surface area contributed by atoms with Crippen LogP contribution in [0.5, 0.6) is 5.75 Å². The highest BCUT2D eigenvalue weighted by atomic mass is 35.5. The number of esters is 1. The van der Waals surface area contributed by atoms with Crippen LogP contribution in [0.2, 0.25) is 5.02 Å². The van der Waals surface area contributed by atoms with E-state index in [1.54, 1.807) is 0 Å². The SMILES string of the molecule is O=C1CNCc2c(O)cc(Cl)cc2C(C#CC2CC2)(C(F)(F)F)O1. The highest BCUT2D eigenvalue weighted by Crippen LogP contribution is 2.47. The number of phenolic OH excluding ortho intramolecular Hbond substituents is 1. The van der Waals surface area contributed by atoms with Gasteiger partial charge in [-0.3, -0.25) is 4.79 Å². The van der Waals surface area contributed by atoms with Gasteiger partial charge in [-0.1, -0.05) is 17.5 Å². The lowest BCUT2D eigenvalue weighted by molar-refractivity contribution is -0.254. The molecule has 4 nitrogen and oxygen atoms in total. The van der Waals surface area contributed by atoms with E-state index in [1.165, 1.54) is 0 Å². The number of ether oxygens (including phenoxy) is 1. The van der Waals surface area contributed by atoms with Gasteiger partial charge in [-0.2, -0.15) is 13.2 Å². The zero-order chi connectivity index (χ0) is 17.5. The quantitative estimate of drug-likeness (QED) is 0.552. The Morgan fingerprint density at radius 2 is 2.04 bits per heavy atom. The van der Waals surface area contributed by atoms with E-state index in [-0.39, 0.29) is 23.0 Å². The van der Waals surface area contributed by atoms with E-state index < -0.39 is 35.6 Å². The first kappa shape index (κ1) is 16.9. The molecule has 0 bridgehead atoms. The molecule has 1 heterocycles. The smallest absolute Gasteiger partial charge is 0.445 e. The van der Waals surface area contributed by atoms with Crippen LogP contribution in [0.25, 0.3) is 0 Å². The predicted molar refractivity (Wildman–Crippen MR) is 79.1 cm³/mol. The van der Waals surface area contributed by atoms with Gasteiger partial charge in [0.15, 0.2) is 0 Å². The first-order valence-electron chi connectivity index (χ1n) is 7.27. The van der Waals surface area contributed by atoms with Crippen molar-refractivity contribution in [3.8, 4) is 17.6 Å². The average Bonchev–Trinajstić information content (AvgIpc) is 3.26. The molecule has 3 rings (SSSR count). The van der Waals surface area contributed by atoms with Gasteiger partial charge >= 0.3 is 12.1 Å². The van der Waals surface area contributed by atoms with E-state index in [0.29, 0.717) is 12.8 Å². The van der Waals surface area contributed by atoms with Crippen LogP contribution in [-0.2, 0) is 21.7 Å². The van der Waals surface area contributed by atoms with Crippen molar-refractivity contribution in [2.75, 3.05) is 6.54 Å². The van der Waals surface area contributed by atoms with Crippen molar-refractivity contribution < 1.29 is 27.8 Å². The zero-order valence-corrected chi connectivity index (χ0v) is 13.1. The Labute approximate surface area is 140 Å². The number of aromatic hydroxyl groups is 1. The summed E-state index contributed by atoms with van der Waals surface area (Å²) in [7, 11) is 0. The summed E-state index contributed by atoms with van der Waals surface area (Å²) in [5.74, 6) is 3.03. The lowest BCUT2D eigenvalue weighted by Gasteiger charge is -2.34. The second-order valence-corrected chi connectivity index (χ2v) is 6.19. The number of nitrogens with one attached hydrogen (secondary N) is 1. The number of hydrogen-bond donors (Lipinski definition) is 2. The van der Waals surface area contributed by atoms with Gasteiger partial charge < -0.3 is 15.2 Å². The molecule has 0 aromatic heterocycles. The third kappa shape index (κ3) is 3.04. The third-order valence-corrected chi connectivity index (χ3v) is 4.06. The molecule has 1 aliphatic carbocycles. The Hall–Kier alpha value is -1.91. The molecule has 1 aromatic carbocycles. The van der Waals surface area contributed by atoms with Crippen molar-refractivity contribution >= 4 is 17.6 Å². The van der Waals surface area contributed by atoms with Crippen molar-refractivity contribution in [1.82, 2.24) is 5.32 Å². The van der Waals surface area contributed by atoms with Crippen LogP contribution in [0.15, 0.2) is 12.1 Å². The van der Waals surface area contributed by atoms with Crippen molar-refractivity contribution in [3.05, 3.63) is 28.3 Å². The Morgan fingerprint density at radius 1 is 1.33 bits per heavy atom. The fourth-order valence-electron chi connectivity index (χ4n) is 2.48. The normalized spacial score (nSPS) is 24.1. The second kappa shape index (κ2) is 5.87. The van der Waals surface area contributed by atoms with Crippen LogP contribution in [0.1, 0.15) is 24.0 Å². The number of carbonyl (C=O) groups excluding carboxylic acids is 1. The van der Waals surface area contributed by atoms with Gasteiger partial charge in [0, 0.05) is 28.6 Å². The molecule has 128 valence electrons. The standard InChI is InChI=1S/C16H13ClF3NO3/c17-10-5-12-11(13(22)6-10)7-21-8-14(23)24-15(12,16(18,19)20)4-3-9-1-2-9/h5-6,9,21-22H,1-2,7-8H2. The van der Waals surface area contributed by atoms with E-state index in [0.717, 1.165) is 12.1 Å². The van der Waals surface area contributed by atoms with Crippen molar-refractivity contribution in [2.45, 2.75) is 31.2 Å². The van der Waals surface area contributed by atoms with Gasteiger partial charge in [0.05, 0.1) is 6.54 Å². The molecule has 24 heavy (non-hydrogen) atoms. The van der Waals surface area contributed by atoms with Crippen LogP contribution >= 0.6 is 11.6 Å². The molecule has 1 fully saturated rings. The minimum absolute atomic E-state index is 0.0469. The average molecular weight is 360 g/mol. The second-order valence-electron chi connectivity index (χ2n) is 5.75. The molecular weight excluding hydrogens is 347 g/mol. The molecule has 2 N–H and O–H groups in total. The summed E-state index contributed by atoms with van der Waals surface area (Å²) in [6.45, 7) is -0.569. The maximum Gasteiger partial charge on any atom is 0.445 e. The Morgan fingerprint density at radius 3 is 2.67 bits per heavy atom. The van der Waals surface area contributed by atoms with E-state index in [4.69, 9.17) is 16.3 Å². The molecule has 0 radical (unpaired) electrons. The highest BCUT2D eigenvalue weighted by molar-refractivity contribution is 6.30. The minimum Gasteiger partial charge on any atom is -0.508 e. The fourth-order valence-corrected chi connectivity index (χ4v) is 2.69. The molecule has 2 aliphatic rings. The van der Waals surface area contributed by atoms with Crippen molar-refractivity contribution in [3.63, 3.8) is 0 Å². The fraction of sp³-hybridized carbons (Fsp3) is 0.438. The molecule has 0 amide bonds. The number of carbonyl (C=O) groups is 1. The molecule has 8 heteroatoms. The zero-order valence-electron chi connectivity index (χ0n) is 12.3. The topological polar surface area (TPSA) is 58.6 Å². The van der Waals surface area contributed by atoms with Gasteiger partial charge in [-0.05, 0) is 30.9 Å². The first-order chi connectivity index (χ1) is 11.2. The Balaban J connectivity index is 2.28. The Kier molecular flexibility index (Phi) is 4.14. The summed E-state index contributed by atoms with van der Waals surface area (Å²) in [5, 5.41) is 12.5. The molecular formula is C16H13ClF3NO3. The molecule has 1 aliphatic heterocycles. The van der Waals surface area contributed by atoms with Gasteiger partial charge in [0.2, 0.25) is 0 Å². The molecule has 1 aromatic rings. The summed E-state index contributed by atoms with van der Waals surface area (Å²) >= 11 is 5.83. The number of alkyl halides is 3. The maximum absolute atomic E-state index is 14.0. The maximum atomic E-state index is 14.0. The summed E-state index contributed by atoms with van der Waals surface area (Å²) in [5.41, 5.74) is -3.66. The lowest BCUT2D eigenvalue weighted by atomic mass is 9.87. The summed E-state index contributed by atoms with van der Waals surface area (Å²) in [4.78, 5) is 11.8. The number of cyclic esters (lactones) is 1. The number of hydrogen-bond acceptors (Lipinski definition) is 4. The summed E-state index contributed by atoms with van der Waals surface area (Å²) in [6, 6.07) is 2.17. The van der Waals surface area contributed by atoms with Crippen molar-refractivity contribution in [2.24, 2.45) is 5.92 Å². The minimum atomic E-state index is -4.99. The molecule has 0 spiro atoms. The van der Waals surface area contributed by atoms with Crippen LogP contribution < -0.4 is 5.32 Å². The van der Waals surface area contributed by atoms with E-state index in [2.05, 4.69) is 17.2 Å². The third-order valence-electron chi connectivity index (χ3n) is 3.84. The van der Waals surface area contributed by atoms with E-state index in [1.807, 2.05) is 0 Å². The van der Waals surface area contributed by atoms with Crippen molar-refractivity contribution in [1.29, 1.82) is 0 Å². The number of halogens is 4. The van der Waals surface area contributed by atoms with E-state index >= 15 is 0 Å². The van der Waals surface area contributed by atoms with Crippen LogP contribution in [-0.4, -0.2) is 23.8 Å². The van der Waals surface area contributed by atoms with Crippen LogP contribution in [0.3, 0.4) is 0 Å². The highest BCUT2D eigenvalue weighted by Gasteiger charge is 2.60.